The first kappa shape index (κ1) is 12.3. The highest BCUT2D eigenvalue weighted by atomic mass is 19.1. The quantitative estimate of drug-likeness (QED) is 0.714. The number of nitrogens with zero attached hydrogens (tertiary/aromatic N) is 1. The van der Waals surface area contributed by atoms with Crippen LogP contribution in [0.4, 0.5) is 4.39 Å². The molecule has 97 valence electrons. The lowest BCUT2D eigenvalue weighted by Gasteiger charge is -2.29. The van der Waals surface area contributed by atoms with Crippen LogP contribution in [-0.2, 0) is 0 Å². The molecule has 0 atom stereocenters. The molecule has 0 bridgehead atoms. The van der Waals surface area contributed by atoms with Crippen molar-refractivity contribution < 1.29 is 4.39 Å². The van der Waals surface area contributed by atoms with Crippen LogP contribution in [0.5, 0.6) is 0 Å². The van der Waals surface area contributed by atoms with Gasteiger partial charge in [0.1, 0.15) is 5.82 Å². The van der Waals surface area contributed by atoms with Crippen LogP contribution in [0.15, 0.2) is 30.5 Å². The Balaban J connectivity index is 2.11. The van der Waals surface area contributed by atoms with E-state index in [1.807, 2.05) is 0 Å². The molecule has 1 nitrogen and oxygen atoms in total. The molecule has 1 aliphatic rings. The average molecular weight is 254 g/mol. The molecule has 0 amide bonds. The number of benzene rings is 1. The van der Waals surface area contributed by atoms with Crippen LogP contribution in [0, 0.1) is 17.3 Å². The number of aromatic nitrogens is 1. The molecular formula is C17H17FN. The van der Waals surface area contributed by atoms with Crippen LogP contribution in [0.2, 0.25) is 0 Å². The molecule has 2 heteroatoms. The summed E-state index contributed by atoms with van der Waals surface area (Å²) in [4.78, 5) is 4.26. The van der Waals surface area contributed by atoms with Gasteiger partial charge in [-0.3, -0.25) is 4.98 Å². The minimum absolute atomic E-state index is 0.216. The van der Waals surface area contributed by atoms with Crippen LogP contribution in [-0.4, -0.2) is 4.98 Å². The predicted molar refractivity (Wildman–Crippen MR) is 76.1 cm³/mol. The van der Waals surface area contributed by atoms with E-state index in [1.165, 1.54) is 11.6 Å². The number of halogens is 1. The number of rotatable bonds is 1. The highest BCUT2D eigenvalue weighted by Crippen LogP contribution is 2.39. The van der Waals surface area contributed by atoms with E-state index < -0.39 is 0 Å². The molecule has 0 fully saturated rings. The predicted octanol–water partition coefficient (Wildman–Crippen LogP) is 4.77. The van der Waals surface area contributed by atoms with E-state index in [2.05, 4.69) is 31.0 Å². The summed E-state index contributed by atoms with van der Waals surface area (Å²) in [5, 5.41) is 0.869. The number of fused-ring (bicyclic) bond motifs is 1. The van der Waals surface area contributed by atoms with Crippen molar-refractivity contribution in [3.63, 3.8) is 0 Å². The van der Waals surface area contributed by atoms with Crippen molar-refractivity contribution in [3.05, 3.63) is 47.9 Å². The van der Waals surface area contributed by atoms with E-state index in [0.717, 1.165) is 35.7 Å². The SMILES string of the molecule is CC1(C)CC=C(c2[c]cnc3ccc(F)cc23)CC1. The number of pyridine rings is 1. The van der Waals surface area contributed by atoms with Gasteiger partial charge in [0, 0.05) is 17.6 Å². The van der Waals surface area contributed by atoms with Gasteiger partial charge in [-0.2, -0.15) is 0 Å². The van der Waals surface area contributed by atoms with Gasteiger partial charge in [-0.05, 0) is 54.0 Å². The second-order valence-corrected chi connectivity index (χ2v) is 6.04. The van der Waals surface area contributed by atoms with Crippen LogP contribution in [0.1, 0.15) is 38.7 Å². The van der Waals surface area contributed by atoms with Gasteiger partial charge in [-0.15, -0.1) is 0 Å². The van der Waals surface area contributed by atoms with Crippen LogP contribution >= 0.6 is 0 Å². The lowest BCUT2D eigenvalue weighted by Crippen LogP contribution is -2.14. The van der Waals surface area contributed by atoms with Crippen LogP contribution < -0.4 is 0 Å². The monoisotopic (exact) mass is 254 g/mol. The molecule has 0 N–H and O–H groups in total. The standard InChI is InChI=1S/C17H17FN/c1-17(2)8-5-12(6-9-17)14-7-10-19-16-4-3-13(18)11-15(14)16/h3-5,10-11H,6,8-9H2,1-2H3. The second kappa shape index (κ2) is 4.44. The van der Waals surface area contributed by atoms with Crippen molar-refractivity contribution in [3.8, 4) is 0 Å². The maximum atomic E-state index is 13.4. The summed E-state index contributed by atoms with van der Waals surface area (Å²) >= 11 is 0. The molecular weight excluding hydrogens is 237 g/mol. The summed E-state index contributed by atoms with van der Waals surface area (Å²) in [7, 11) is 0. The average Bonchev–Trinajstić information content (AvgIpc) is 2.38. The minimum atomic E-state index is -0.216. The van der Waals surface area contributed by atoms with Crippen molar-refractivity contribution >= 4 is 16.5 Å². The molecule has 1 radical (unpaired) electrons. The molecule has 1 aliphatic carbocycles. The largest absolute Gasteiger partial charge is 0.256 e. The second-order valence-electron chi connectivity index (χ2n) is 6.04. The Morgan fingerprint density at radius 3 is 2.89 bits per heavy atom. The molecule has 19 heavy (non-hydrogen) atoms. The van der Waals surface area contributed by atoms with Gasteiger partial charge in [-0.25, -0.2) is 4.39 Å². The lowest BCUT2D eigenvalue weighted by atomic mass is 9.77. The van der Waals surface area contributed by atoms with Gasteiger partial charge < -0.3 is 0 Å². The zero-order valence-corrected chi connectivity index (χ0v) is 11.3. The molecule has 1 aromatic carbocycles. The van der Waals surface area contributed by atoms with E-state index >= 15 is 0 Å². The molecule has 1 aromatic heterocycles. The molecule has 3 rings (SSSR count). The Kier molecular flexibility index (Phi) is 2.89. The minimum Gasteiger partial charge on any atom is -0.256 e. The normalized spacial score (nSPS) is 18.4. The van der Waals surface area contributed by atoms with Gasteiger partial charge in [-0.1, -0.05) is 19.9 Å². The third-order valence-corrected chi connectivity index (χ3v) is 3.93. The van der Waals surface area contributed by atoms with Crippen molar-refractivity contribution in [1.29, 1.82) is 0 Å². The maximum absolute atomic E-state index is 13.4. The van der Waals surface area contributed by atoms with Crippen LogP contribution in [0.3, 0.4) is 0 Å². The summed E-state index contributed by atoms with van der Waals surface area (Å²) in [6.07, 6.45) is 7.22. The van der Waals surface area contributed by atoms with E-state index in [4.69, 9.17) is 0 Å². The van der Waals surface area contributed by atoms with Gasteiger partial charge in [0.05, 0.1) is 5.52 Å². The Morgan fingerprint density at radius 1 is 1.32 bits per heavy atom. The fourth-order valence-electron chi connectivity index (χ4n) is 2.63. The molecule has 2 aromatic rings. The number of allylic oxidation sites excluding steroid dienone is 2. The fraction of sp³-hybridized carbons (Fsp3) is 0.353. The van der Waals surface area contributed by atoms with Gasteiger partial charge in [0.25, 0.3) is 0 Å². The first-order valence-electron chi connectivity index (χ1n) is 6.71. The summed E-state index contributed by atoms with van der Waals surface area (Å²) in [5.41, 5.74) is 3.50. The Bertz CT molecular complexity index is 655. The van der Waals surface area contributed by atoms with Gasteiger partial charge >= 0.3 is 0 Å². The molecule has 0 saturated heterocycles. The van der Waals surface area contributed by atoms with Crippen molar-refractivity contribution in [2.75, 3.05) is 0 Å². The summed E-state index contributed by atoms with van der Waals surface area (Å²) < 4.78 is 13.4. The first-order chi connectivity index (χ1) is 9.05. The smallest absolute Gasteiger partial charge is 0.123 e. The molecule has 0 saturated carbocycles. The fourth-order valence-corrected chi connectivity index (χ4v) is 2.63. The molecule has 0 spiro atoms. The number of hydrogen-bond donors (Lipinski definition) is 0. The highest BCUT2D eigenvalue weighted by molar-refractivity contribution is 5.91. The van der Waals surface area contributed by atoms with Crippen molar-refractivity contribution in [2.24, 2.45) is 5.41 Å². The van der Waals surface area contributed by atoms with E-state index in [0.29, 0.717) is 5.41 Å². The van der Waals surface area contributed by atoms with E-state index in [1.54, 1.807) is 18.3 Å². The third kappa shape index (κ3) is 2.40. The Hall–Kier alpha value is -1.70. The molecule has 0 aliphatic heterocycles. The highest BCUT2D eigenvalue weighted by Gasteiger charge is 2.22. The lowest BCUT2D eigenvalue weighted by molar-refractivity contribution is 0.335. The van der Waals surface area contributed by atoms with Crippen molar-refractivity contribution in [2.45, 2.75) is 33.1 Å². The third-order valence-electron chi connectivity index (χ3n) is 3.93. The summed E-state index contributed by atoms with van der Waals surface area (Å²) in [6, 6.07) is 7.94. The van der Waals surface area contributed by atoms with E-state index in [-0.39, 0.29) is 5.82 Å². The zero-order valence-electron chi connectivity index (χ0n) is 11.3. The van der Waals surface area contributed by atoms with Gasteiger partial charge in [0.15, 0.2) is 0 Å². The number of hydrogen-bond acceptors (Lipinski definition) is 1. The van der Waals surface area contributed by atoms with Crippen molar-refractivity contribution in [1.82, 2.24) is 4.98 Å². The maximum Gasteiger partial charge on any atom is 0.123 e. The van der Waals surface area contributed by atoms with E-state index in [9.17, 15) is 4.39 Å². The Morgan fingerprint density at radius 2 is 2.16 bits per heavy atom. The summed E-state index contributed by atoms with van der Waals surface area (Å²) in [5.74, 6) is -0.216. The Labute approximate surface area is 113 Å². The zero-order chi connectivity index (χ0) is 13.5. The molecule has 1 heterocycles. The summed E-state index contributed by atoms with van der Waals surface area (Å²) in [6.45, 7) is 4.57. The topological polar surface area (TPSA) is 12.9 Å². The van der Waals surface area contributed by atoms with Crippen LogP contribution in [0.25, 0.3) is 16.5 Å². The molecule has 0 unspecified atom stereocenters. The van der Waals surface area contributed by atoms with Gasteiger partial charge in [0.2, 0.25) is 0 Å². The first-order valence-corrected chi connectivity index (χ1v) is 6.71.